The molecule has 0 aromatic heterocycles. The monoisotopic (exact) mass is 768 g/mol. The average Bonchev–Trinajstić information content (AvgIpc) is 3.16. The molecule has 56 heavy (non-hydrogen) atoms. The molecule has 9 heteroatoms. The number of hydrogen-bond acceptors (Lipinski definition) is 8. The van der Waals surface area contributed by atoms with Crippen molar-refractivity contribution in [1.29, 1.82) is 0 Å². The van der Waals surface area contributed by atoms with Gasteiger partial charge in [-0.25, -0.2) is 0 Å². The molecule has 0 atom stereocenters. The van der Waals surface area contributed by atoms with Crippen LogP contribution in [0.2, 0.25) is 0 Å². The smallest absolute Gasteiger partial charge is 0.122 e. The van der Waals surface area contributed by atoms with Gasteiger partial charge in [-0.05, 0) is 93.9 Å². The van der Waals surface area contributed by atoms with Gasteiger partial charge in [0.2, 0.25) is 0 Å². The summed E-state index contributed by atoms with van der Waals surface area (Å²) in [7, 11) is 8.34. The third kappa shape index (κ3) is 12.3. The number of ether oxygens (including phenoxy) is 7. The Bertz CT molecular complexity index is 2000. The van der Waals surface area contributed by atoms with E-state index in [0.717, 1.165) is 27.9 Å². The van der Waals surface area contributed by atoms with Gasteiger partial charge in [-0.2, -0.15) is 0 Å². The quantitative estimate of drug-likeness (QED) is 0.0384. The topological polar surface area (TPSA) is 84.8 Å². The van der Waals surface area contributed by atoms with Crippen LogP contribution in [0.1, 0.15) is 27.8 Å². The molecule has 0 aliphatic heterocycles. The lowest BCUT2D eigenvalue weighted by Crippen LogP contribution is -2.33. The highest BCUT2D eigenvalue weighted by atomic mass is 16.6. The molecule has 0 spiro atoms. The zero-order valence-electron chi connectivity index (χ0n) is 34.6. The molecule has 5 rings (SSSR count). The first-order chi connectivity index (χ1) is 27.1. The van der Waals surface area contributed by atoms with Crippen LogP contribution in [0.4, 0.5) is 0 Å². The van der Waals surface area contributed by atoms with Crippen LogP contribution in [0.3, 0.4) is 0 Å². The summed E-state index contributed by atoms with van der Waals surface area (Å²) in [5.74, 6) is 0.849. The Labute approximate surface area is 333 Å². The van der Waals surface area contributed by atoms with Crippen LogP contribution in [0.15, 0.2) is 72.8 Å². The van der Waals surface area contributed by atoms with Crippen LogP contribution >= 0.6 is 0 Å². The van der Waals surface area contributed by atoms with E-state index in [9.17, 15) is 0 Å². The minimum absolute atomic E-state index is 0.0163. The van der Waals surface area contributed by atoms with E-state index >= 15 is 0 Å². The Morgan fingerprint density at radius 1 is 0.500 bits per heavy atom. The third-order valence-corrected chi connectivity index (χ3v) is 9.56. The number of hydrogen-bond donors (Lipinski definition) is 1. The van der Waals surface area contributed by atoms with Crippen molar-refractivity contribution in [2.45, 2.75) is 33.9 Å². The van der Waals surface area contributed by atoms with E-state index in [1.54, 1.807) is 7.11 Å². The molecule has 0 saturated carbocycles. The Morgan fingerprint density at radius 2 is 1.02 bits per heavy atom. The number of quaternary nitrogens is 1. The average molecular weight is 769 g/mol. The summed E-state index contributed by atoms with van der Waals surface area (Å²) in [4.78, 5) is 0. The van der Waals surface area contributed by atoms with Gasteiger partial charge < -0.3 is 42.7 Å². The highest BCUT2D eigenvalue weighted by Crippen LogP contribution is 2.46. The SMILES string of the molecule is COCCOCCOCCOc1ccc(-c2c(-c3ccc(COCCOCCOCCO)c(C[N+](C)(C)C)c3)c3cc(C)ccc3c3ccc(C)cc23)cc1C. The van der Waals surface area contributed by atoms with Gasteiger partial charge in [-0.1, -0.05) is 65.7 Å². The maximum Gasteiger partial charge on any atom is 0.122 e. The van der Waals surface area contributed by atoms with Crippen LogP contribution in [-0.2, 0) is 41.6 Å². The Kier molecular flexibility index (Phi) is 16.7. The highest BCUT2D eigenvalue weighted by molar-refractivity contribution is 6.21. The standard InChI is InChI=1S/C47H62NO8/c1-34-8-13-41-42-14-9-35(2)29-44(42)47(38-10-11-39(40(31-38)32-48(4,5)6)33-55-25-24-53-21-20-51-17-16-49)46(43(41)28-34)37-12-15-45(36(3)30-37)56-27-26-54-23-22-52-19-18-50-7/h8-15,28-31,49H,16-27,32-33H2,1-7H3/q+1. The van der Waals surface area contributed by atoms with Gasteiger partial charge in [0.05, 0.1) is 100 Å². The van der Waals surface area contributed by atoms with E-state index in [1.807, 2.05) is 0 Å². The lowest BCUT2D eigenvalue weighted by Gasteiger charge is -2.26. The lowest BCUT2D eigenvalue weighted by molar-refractivity contribution is -0.884. The van der Waals surface area contributed by atoms with E-state index in [4.69, 9.17) is 38.3 Å². The lowest BCUT2D eigenvalue weighted by atomic mass is 9.83. The number of aliphatic hydroxyl groups excluding tert-OH is 1. The summed E-state index contributed by atoms with van der Waals surface area (Å²) >= 11 is 0. The molecule has 0 unspecified atom stereocenters. The molecule has 0 aliphatic rings. The number of methoxy groups -OCH3 is 1. The number of aliphatic hydroxyl groups is 1. The van der Waals surface area contributed by atoms with E-state index < -0.39 is 0 Å². The number of nitrogens with zero attached hydrogens (tertiary/aromatic N) is 1. The number of rotatable bonds is 24. The molecule has 5 aromatic rings. The van der Waals surface area contributed by atoms with Crippen molar-refractivity contribution in [3.8, 4) is 28.0 Å². The van der Waals surface area contributed by atoms with Gasteiger partial charge in [0.15, 0.2) is 0 Å². The molecule has 5 aromatic carbocycles. The molecule has 0 bridgehead atoms. The fourth-order valence-corrected chi connectivity index (χ4v) is 6.98. The summed E-state index contributed by atoms with van der Waals surface area (Å²) in [5, 5.41) is 13.8. The Balaban J connectivity index is 1.49. The Hall–Kier alpha value is -3.90. The molecule has 0 amide bonds. The summed E-state index contributed by atoms with van der Waals surface area (Å²) in [6, 6.07) is 27.1. The molecule has 1 N–H and O–H groups in total. The van der Waals surface area contributed by atoms with Crippen molar-refractivity contribution in [1.82, 2.24) is 0 Å². The van der Waals surface area contributed by atoms with Crippen molar-refractivity contribution >= 4 is 21.5 Å². The second kappa shape index (κ2) is 21.6. The second-order valence-corrected chi connectivity index (χ2v) is 15.3. The Morgan fingerprint density at radius 3 is 1.57 bits per heavy atom. The molecular formula is C47H62NO8+. The van der Waals surface area contributed by atoms with E-state index in [0.29, 0.717) is 79.3 Å². The normalized spacial score (nSPS) is 11.9. The summed E-state index contributed by atoms with van der Waals surface area (Å²) < 4.78 is 40.3. The first-order valence-corrected chi connectivity index (χ1v) is 19.7. The first-order valence-electron chi connectivity index (χ1n) is 19.7. The van der Waals surface area contributed by atoms with E-state index in [-0.39, 0.29) is 6.61 Å². The van der Waals surface area contributed by atoms with Gasteiger partial charge in [0.25, 0.3) is 0 Å². The van der Waals surface area contributed by atoms with Crippen molar-refractivity contribution in [2.75, 3.05) is 108 Å². The maximum atomic E-state index is 8.88. The number of fused-ring (bicyclic) bond motifs is 3. The zero-order valence-corrected chi connectivity index (χ0v) is 34.6. The molecule has 0 aliphatic carbocycles. The second-order valence-electron chi connectivity index (χ2n) is 15.3. The van der Waals surface area contributed by atoms with Gasteiger partial charge >= 0.3 is 0 Å². The van der Waals surface area contributed by atoms with Crippen molar-refractivity contribution in [2.24, 2.45) is 0 Å². The summed E-state index contributed by atoms with van der Waals surface area (Å²) in [6.07, 6.45) is 0. The fraction of sp³-hybridized carbons (Fsp3) is 0.447. The van der Waals surface area contributed by atoms with Gasteiger partial charge in [0.1, 0.15) is 18.9 Å². The molecule has 0 radical (unpaired) electrons. The van der Waals surface area contributed by atoms with Crippen LogP contribution in [-0.4, -0.2) is 117 Å². The third-order valence-electron chi connectivity index (χ3n) is 9.56. The fourth-order valence-electron chi connectivity index (χ4n) is 6.98. The highest BCUT2D eigenvalue weighted by Gasteiger charge is 2.21. The summed E-state index contributed by atoms with van der Waals surface area (Å²) in [5.41, 5.74) is 10.7. The molecule has 9 nitrogen and oxygen atoms in total. The molecule has 0 fully saturated rings. The molecule has 302 valence electrons. The van der Waals surface area contributed by atoms with Crippen molar-refractivity contribution in [3.63, 3.8) is 0 Å². The van der Waals surface area contributed by atoms with Gasteiger partial charge in [-0.15, -0.1) is 0 Å². The van der Waals surface area contributed by atoms with E-state index in [1.165, 1.54) is 60.5 Å². The van der Waals surface area contributed by atoms with Crippen LogP contribution in [0.5, 0.6) is 5.75 Å². The van der Waals surface area contributed by atoms with Crippen molar-refractivity contribution in [3.05, 3.63) is 101 Å². The minimum atomic E-state index is 0.0163. The van der Waals surface area contributed by atoms with E-state index in [2.05, 4.69) is 115 Å². The largest absolute Gasteiger partial charge is 0.491 e. The predicted molar refractivity (Wildman–Crippen MR) is 226 cm³/mol. The molecular weight excluding hydrogens is 707 g/mol. The first kappa shape index (κ1) is 43.2. The minimum Gasteiger partial charge on any atom is -0.491 e. The summed E-state index contributed by atoms with van der Waals surface area (Å²) in [6.45, 7) is 13.2. The maximum absolute atomic E-state index is 8.88. The van der Waals surface area contributed by atoms with Crippen LogP contribution in [0, 0.1) is 20.8 Å². The van der Waals surface area contributed by atoms with Gasteiger partial charge in [-0.3, -0.25) is 0 Å². The number of aryl methyl sites for hydroxylation is 3. The molecule has 0 heterocycles. The number of benzene rings is 5. The van der Waals surface area contributed by atoms with Crippen molar-refractivity contribution < 1.29 is 42.7 Å². The van der Waals surface area contributed by atoms with Crippen LogP contribution in [0.25, 0.3) is 43.8 Å². The van der Waals surface area contributed by atoms with Crippen LogP contribution < -0.4 is 4.74 Å². The zero-order chi connectivity index (χ0) is 39.9. The van der Waals surface area contributed by atoms with Gasteiger partial charge in [0, 0.05) is 12.7 Å². The predicted octanol–water partition coefficient (Wildman–Crippen LogP) is 8.06. The molecule has 0 saturated heterocycles.